The van der Waals surface area contributed by atoms with Crippen LogP contribution in [0.3, 0.4) is 0 Å². The first-order chi connectivity index (χ1) is 10.4. The number of carbonyl (C=O) groups excluding carboxylic acids is 1. The third-order valence-electron chi connectivity index (χ3n) is 3.15. The minimum absolute atomic E-state index is 0.0962. The monoisotopic (exact) mass is 322 g/mol. The van der Waals surface area contributed by atoms with Crippen molar-refractivity contribution in [3.8, 4) is 0 Å². The first-order valence-corrected chi connectivity index (χ1v) is 7.66. The zero-order valence-corrected chi connectivity index (χ0v) is 13.5. The van der Waals surface area contributed by atoms with E-state index in [1.54, 1.807) is 24.7 Å². The molecule has 0 bridgehead atoms. The van der Waals surface area contributed by atoms with E-state index in [9.17, 15) is 9.59 Å². The first-order valence-electron chi connectivity index (χ1n) is 6.84. The van der Waals surface area contributed by atoms with Crippen LogP contribution in [0.1, 0.15) is 45.3 Å². The minimum atomic E-state index is -0.989. The fourth-order valence-electron chi connectivity index (χ4n) is 2.04. The van der Waals surface area contributed by atoms with Gasteiger partial charge in [0.15, 0.2) is 0 Å². The molecule has 2 rings (SSSR count). The van der Waals surface area contributed by atoms with Crippen molar-refractivity contribution in [1.29, 1.82) is 0 Å². The van der Waals surface area contributed by atoms with Gasteiger partial charge in [0.2, 0.25) is 5.91 Å². The molecule has 2 aromatic rings. The van der Waals surface area contributed by atoms with Gasteiger partial charge >= 0.3 is 5.97 Å². The van der Waals surface area contributed by atoms with Crippen LogP contribution in [0.4, 0.5) is 0 Å². The fraction of sp³-hybridized carbons (Fsp3) is 0.429. The largest absolute Gasteiger partial charge is 0.477 e. The van der Waals surface area contributed by atoms with Gasteiger partial charge in [0.1, 0.15) is 9.88 Å². The molecule has 2 N–H and O–H groups in total. The summed E-state index contributed by atoms with van der Waals surface area (Å²) in [6.45, 7) is 3.45. The number of aromatic nitrogens is 3. The van der Waals surface area contributed by atoms with Crippen molar-refractivity contribution in [3.63, 3.8) is 0 Å². The van der Waals surface area contributed by atoms with Gasteiger partial charge in [-0.3, -0.25) is 9.48 Å². The van der Waals surface area contributed by atoms with Gasteiger partial charge in [-0.1, -0.05) is 0 Å². The van der Waals surface area contributed by atoms with E-state index in [4.69, 9.17) is 5.11 Å². The maximum Gasteiger partial charge on any atom is 0.347 e. The van der Waals surface area contributed by atoms with Gasteiger partial charge in [-0.15, -0.1) is 11.3 Å². The molecule has 2 heterocycles. The zero-order valence-electron chi connectivity index (χ0n) is 12.7. The van der Waals surface area contributed by atoms with Crippen LogP contribution in [0.25, 0.3) is 0 Å². The minimum Gasteiger partial charge on any atom is -0.477 e. The van der Waals surface area contributed by atoms with E-state index in [1.165, 1.54) is 0 Å². The topological polar surface area (TPSA) is 97.1 Å². The highest BCUT2D eigenvalue weighted by Crippen LogP contribution is 2.23. The van der Waals surface area contributed by atoms with E-state index in [1.807, 2.05) is 13.2 Å². The first kappa shape index (κ1) is 16.2. The van der Waals surface area contributed by atoms with Crippen LogP contribution >= 0.6 is 11.3 Å². The number of aromatic carboxylic acids is 1. The van der Waals surface area contributed by atoms with Crippen LogP contribution in [0, 0.1) is 6.92 Å². The quantitative estimate of drug-likeness (QED) is 0.843. The Bertz CT molecular complexity index is 692. The molecule has 0 aliphatic heterocycles. The lowest BCUT2D eigenvalue weighted by atomic mass is 10.2. The number of rotatable bonds is 6. The summed E-state index contributed by atoms with van der Waals surface area (Å²) in [6.07, 6.45) is 4.58. The average molecular weight is 322 g/mol. The van der Waals surface area contributed by atoms with Crippen LogP contribution < -0.4 is 5.32 Å². The molecule has 0 saturated carbocycles. The van der Waals surface area contributed by atoms with Crippen molar-refractivity contribution in [2.75, 3.05) is 0 Å². The number of thiazole rings is 1. The molecule has 1 amide bonds. The van der Waals surface area contributed by atoms with Gasteiger partial charge in [0.25, 0.3) is 0 Å². The summed E-state index contributed by atoms with van der Waals surface area (Å²) in [5.41, 5.74) is 1.48. The van der Waals surface area contributed by atoms with Gasteiger partial charge in [0.05, 0.1) is 17.9 Å². The summed E-state index contributed by atoms with van der Waals surface area (Å²) in [6, 6.07) is -0.307. The van der Waals surface area contributed by atoms with Crippen LogP contribution in [-0.4, -0.2) is 31.7 Å². The van der Waals surface area contributed by atoms with Gasteiger partial charge in [-0.25, -0.2) is 9.78 Å². The molecule has 1 atom stereocenters. The molecular formula is C14H18N4O3S. The molecule has 0 aliphatic carbocycles. The number of amides is 1. The number of carboxylic acids is 1. The molecule has 8 heteroatoms. The maximum absolute atomic E-state index is 12.0. The predicted octanol–water partition coefficient (Wildman–Crippen LogP) is 1.69. The molecule has 0 saturated heterocycles. The molecule has 7 nitrogen and oxygen atoms in total. The van der Waals surface area contributed by atoms with E-state index in [0.29, 0.717) is 23.5 Å². The zero-order chi connectivity index (χ0) is 16.3. The Labute approximate surface area is 132 Å². The van der Waals surface area contributed by atoms with Gasteiger partial charge < -0.3 is 10.4 Å². The highest BCUT2D eigenvalue weighted by Gasteiger charge is 2.19. The van der Waals surface area contributed by atoms with Gasteiger partial charge in [-0.05, 0) is 25.8 Å². The number of aryl methyl sites for hydroxylation is 3. The SMILES string of the molecule is Cc1nc(C(C)NC(=O)CCc2cnn(C)c2)sc1C(=O)O. The summed E-state index contributed by atoms with van der Waals surface area (Å²) < 4.78 is 1.70. The van der Waals surface area contributed by atoms with E-state index in [-0.39, 0.29) is 16.8 Å². The second kappa shape index (κ2) is 6.69. The van der Waals surface area contributed by atoms with Crippen molar-refractivity contribution in [2.45, 2.75) is 32.7 Å². The van der Waals surface area contributed by atoms with Crippen LogP contribution in [0.2, 0.25) is 0 Å². The van der Waals surface area contributed by atoms with Gasteiger partial charge in [0, 0.05) is 19.7 Å². The second-order valence-corrected chi connectivity index (χ2v) is 6.11. The highest BCUT2D eigenvalue weighted by atomic mass is 32.1. The number of hydrogen-bond acceptors (Lipinski definition) is 5. The number of carbonyl (C=O) groups is 2. The number of nitrogens with zero attached hydrogens (tertiary/aromatic N) is 3. The highest BCUT2D eigenvalue weighted by molar-refractivity contribution is 7.13. The summed E-state index contributed by atoms with van der Waals surface area (Å²) in [4.78, 5) is 27.4. The lowest BCUT2D eigenvalue weighted by Crippen LogP contribution is -2.26. The standard InChI is InChI=1S/C14H18N4O3S/c1-8-12(14(20)21)22-13(17-8)9(2)16-11(19)5-4-10-6-15-18(3)7-10/h6-7,9H,4-5H2,1-3H3,(H,16,19)(H,20,21). The Hall–Kier alpha value is -2.22. The van der Waals surface area contributed by atoms with Gasteiger partial charge in [-0.2, -0.15) is 5.10 Å². The molecule has 0 fully saturated rings. The van der Waals surface area contributed by atoms with Crippen molar-refractivity contribution in [3.05, 3.63) is 33.5 Å². The van der Waals surface area contributed by atoms with Crippen LogP contribution in [0.5, 0.6) is 0 Å². The van der Waals surface area contributed by atoms with Crippen molar-refractivity contribution >= 4 is 23.2 Å². The summed E-state index contributed by atoms with van der Waals surface area (Å²) in [7, 11) is 1.83. The van der Waals surface area contributed by atoms with Crippen LogP contribution in [-0.2, 0) is 18.3 Å². The molecule has 0 spiro atoms. The van der Waals surface area contributed by atoms with E-state index in [2.05, 4.69) is 15.4 Å². The predicted molar refractivity (Wildman–Crippen MR) is 81.9 cm³/mol. The Kier molecular flexibility index (Phi) is 4.92. The lowest BCUT2D eigenvalue weighted by Gasteiger charge is -2.10. The van der Waals surface area contributed by atoms with Crippen molar-refractivity contribution in [1.82, 2.24) is 20.1 Å². The Morgan fingerprint density at radius 3 is 2.77 bits per heavy atom. The van der Waals surface area contributed by atoms with Crippen LogP contribution in [0.15, 0.2) is 12.4 Å². The molecule has 118 valence electrons. The average Bonchev–Trinajstić information content (AvgIpc) is 3.02. The summed E-state index contributed by atoms with van der Waals surface area (Å²) in [5.74, 6) is -1.09. The molecular weight excluding hydrogens is 304 g/mol. The fourth-order valence-corrected chi connectivity index (χ4v) is 2.94. The smallest absolute Gasteiger partial charge is 0.347 e. The molecule has 0 aliphatic rings. The van der Waals surface area contributed by atoms with Crippen molar-refractivity contribution in [2.24, 2.45) is 7.05 Å². The Balaban J connectivity index is 1.90. The molecule has 1 unspecified atom stereocenters. The number of nitrogens with one attached hydrogen (secondary N) is 1. The Morgan fingerprint density at radius 2 is 2.23 bits per heavy atom. The van der Waals surface area contributed by atoms with E-state index < -0.39 is 5.97 Å². The lowest BCUT2D eigenvalue weighted by molar-refractivity contribution is -0.121. The summed E-state index contributed by atoms with van der Waals surface area (Å²) >= 11 is 1.10. The van der Waals surface area contributed by atoms with Crippen molar-refractivity contribution < 1.29 is 14.7 Å². The van der Waals surface area contributed by atoms with E-state index >= 15 is 0 Å². The number of hydrogen-bond donors (Lipinski definition) is 2. The van der Waals surface area contributed by atoms with E-state index in [0.717, 1.165) is 16.9 Å². The Morgan fingerprint density at radius 1 is 1.50 bits per heavy atom. The molecule has 0 radical (unpaired) electrons. The normalized spacial score (nSPS) is 12.1. The third-order valence-corrected chi connectivity index (χ3v) is 4.48. The third kappa shape index (κ3) is 3.91. The molecule has 22 heavy (non-hydrogen) atoms. The maximum atomic E-state index is 12.0. The molecule has 2 aromatic heterocycles. The number of carboxylic acid groups (broad SMARTS) is 1. The summed E-state index contributed by atoms with van der Waals surface area (Å²) in [5, 5.41) is 16.5. The molecule has 0 aromatic carbocycles. The second-order valence-electron chi connectivity index (χ2n) is 5.08.